The lowest BCUT2D eigenvalue weighted by molar-refractivity contribution is 0.105. The molecule has 0 atom stereocenters. The SMILES string of the molecule is Bc1cccc2nc(C3=C(N=O)c4ccccc4C3=O)ccc12. The van der Waals surface area contributed by atoms with Crippen LogP contribution in [0.25, 0.3) is 22.2 Å². The Bertz CT molecular complexity index is 1020. The van der Waals surface area contributed by atoms with Crippen LogP contribution in [0.5, 0.6) is 0 Å². The van der Waals surface area contributed by atoms with Crippen LogP contribution in [0.2, 0.25) is 0 Å². The van der Waals surface area contributed by atoms with Crippen molar-refractivity contribution in [1.29, 1.82) is 0 Å². The van der Waals surface area contributed by atoms with E-state index in [1.54, 1.807) is 30.3 Å². The first-order chi connectivity index (χ1) is 11.2. The van der Waals surface area contributed by atoms with Gasteiger partial charge in [0.15, 0.2) is 5.78 Å². The third kappa shape index (κ3) is 1.94. The van der Waals surface area contributed by atoms with Gasteiger partial charge in [-0.2, -0.15) is 0 Å². The molecule has 0 radical (unpaired) electrons. The molecule has 1 aliphatic carbocycles. The Labute approximate surface area is 133 Å². The molecule has 0 fully saturated rings. The summed E-state index contributed by atoms with van der Waals surface area (Å²) in [6, 6.07) is 16.6. The lowest BCUT2D eigenvalue weighted by Gasteiger charge is -2.05. The number of benzene rings is 2. The number of nitroso groups, excluding NO2 is 1. The van der Waals surface area contributed by atoms with E-state index in [4.69, 9.17) is 0 Å². The maximum absolute atomic E-state index is 12.7. The molecule has 0 spiro atoms. The maximum atomic E-state index is 12.7. The fourth-order valence-electron chi connectivity index (χ4n) is 3.04. The van der Waals surface area contributed by atoms with Gasteiger partial charge in [-0.15, -0.1) is 4.91 Å². The zero-order chi connectivity index (χ0) is 16.0. The minimum atomic E-state index is -0.199. The van der Waals surface area contributed by atoms with Gasteiger partial charge in [0.2, 0.25) is 0 Å². The second-order valence-corrected chi connectivity index (χ2v) is 5.53. The highest BCUT2D eigenvalue weighted by Crippen LogP contribution is 2.38. The quantitative estimate of drug-likeness (QED) is 0.539. The first-order valence-corrected chi connectivity index (χ1v) is 7.29. The lowest BCUT2D eigenvalue weighted by Crippen LogP contribution is -2.05. The number of pyridine rings is 1. The molecule has 3 aromatic rings. The lowest BCUT2D eigenvalue weighted by atomic mass is 9.91. The highest BCUT2D eigenvalue weighted by Gasteiger charge is 2.32. The molecular formula is C18H11BN2O2. The molecule has 108 valence electrons. The molecule has 5 heteroatoms. The average Bonchev–Trinajstić information content (AvgIpc) is 2.87. The second kappa shape index (κ2) is 4.99. The fraction of sp³-hybridized carbons (Fsp3) is 0. The number of carbonyl (C=O) groups excluding carboxylic acids is 1. The summed E-state index contributed by atoms with van der Waals surface area (Å²) in [5.74, 6) is -0.199. The van der Waals surface area contributed by atoms with Crippen molar-refractivity contribution in [3.8, 4) is 0 Å². The molecule has 0 amide bonds. The van der Waals surface area contributed by atoms with Crippen LogP contribution in [0.15, 0.2) is 59.8 Å². The molecule has 1 aliphatic rings. The Hall–Kier alpha value is -3.08. The standard InChI is InChI=1S/C18H11BN2O2/c19-13-6-3-7-14-12(13)8-9-15(20-14)16-17(21-23)10-4-1-2-5-11(10)18(16)22/h1-9H,19H2. The smallest absolute Gasteiger partial charge is 0.198 e. The zero-order valence-corrected chi connectivity index (χ0v) is 12.4. The van der Waals surface area contributed by atoms with E-state index in [2.05, 4.69) is 10.2 Å². The van der Waals surface area contributed by atoms with Crippen molar-refractivity contribution in [3.63, 3.8) is 0 Å². The van der Waals surface area contributed by atoms with Crippen molar-refractivity contribution in [2.24, 2.45) is 5.18 Å². The molecule has 0 N–H and O–H groups in total. The third-order valence-electron chi connectivity index (χ3n) is 4.19. The number of ketones is 1. The van der Waals surface area contributed by atoms with Crippen LogP contribution in [0, 0.1) is 4.91 Å². The summed E-state index contributed by atoms with van der Waals surface area (Å²) < 4.78 is 0. The van der Waals surface area contributed by atoms with Crippen LogP contribution >= 0.6 is 0 Å². The summed E-state index contributed by atoms with van der Waals surface area (Å²) in [5, 5.41) is 4.13. The molecular weight excluding hydrogens is 287 g/mol. The van der Waals surface area contributed by atoms with E-state index in [0.29, 0.717) is 16.8 Å². The number of hydrogen-bond donors (Lipinski definition) is 0. The molecule has 1 heterocycles. The number of Topliss-reactive ketones (excluding diaryl/α,β-unsaturated/α-hetero) is 1. The van der Waals surface area contributed by atoms with E-state index in [0.717, 1.165) is 16.4 Å². The highest BCUT2D eigenvalue weighted by molar-refractivity contribution is 6.40. The Kier molecular flexibility index (Phi) is 2.94. The van der Waals surface area contributed by atoms with E-state index in [9.17, 15) is 9.70 Å². The summed E-state index contributed by atoms with van der Waals surface area (Å²) in [5.41, 5.74) is 3.93. The van der Waals surface area contributed by atoms with Gasteiger partial charge in [0.25, 0.3) is 0 Å². The minimum Gasteiger partial charge on any atom is -0.288 e. The second-order valence-electron chi connectivity index (χ2n) is 5.53. The molecule has 0 bridgehead atoms. The molecule has 1 aromatic heterocycles. The van der Waals surface area contributed by atoms with E-state index >= 15 is 0 Å². The van der Waals surface area contributed by atoms with Gasteiger partial charge in [0, 0.05) is 11.1 Å². The van der Waals surface area contributed by atoms with Crippen LogP contribution in [0.1, 0.15) is 21.6 Å². The molecule has 0 saturated carbocycles. The Morgan fingerprint density at radius 2 is 1.70 bits per heavy atom. The average molecular weight is 298 g/mol. The van der Waals surface area contributed by atoms with Crippen LogP contribution in [0.3, 0.4) is 0 Å². The van der Waals surface area contributed by atoms with Crippen LogP contribution in [-0.2, 0) is 0 Å². The van der Waals surface area contributed by atoms with Crippen molar-refractivity contribution >= 4 is 41.3 Å². The number of fused-ring (bicyclic) bond motifs is 2. The van der Waals surface area contributed by atoms with E-state index < -0.39 is 0 Å². The Morgan fingerprint density at radius 3 is 2.48 bits per heavy atom. The van der Waals surface area contributed by atoms with E-state index in [1.807, 2.05) is 32.1 Å². The normalized spacial score (nSPS) is 13.5. The molecule has 4 rings (SSSR count). The van der Waals surface area contributed by atoms with Crippen LogP contribution in [-0.4, -0.2) is 18.6 Å². The number of allylic oxidation sites excluding steroid dienone is 1. The van der Waals surface area contributed by atoms with E-state index in [1.165, 1.54) is 0 Å². The van der Waals surface area contributed by atoms with E-state index in [-0.39, 0.29) is 17.1 Å². The number of aromatic nitrogens is 1. The summed E-state index contributed by atoms with van der Waals surface area (Å²) >= 11 is 0. The molecule has 0 aliphatic heterocycles. The number of rotatable bonds is 2. The molecule has 23 heavy (non-hydrogen) atoms. The zero-order valence-electron chi connectivity index (χ0n) is 12.4. The number of carbonyl (C=O) groups is 1. The summed E-state index contributed by atoms with van der Waals surface area (Å²) in [6.07, 6.45) is 0. The number of nitrogens with zero attached hydrogens (tertiary/aromatic N) is 2. The monoisotopic (exact) mass is 298 g/mol. The Balaban J connectivity index is 1.97. The predicted molar refractivity (Wildman–Crippen MR) is 93.3 cm³/mol. The van der Waals surface area contributed by atoms with Crippen LogP contribution in [0.4, 0.5) is 0 Å². The largest absolute Gasteiger partial charge is 0.288 e. The molecule has 0 saturated heterocycles. The van der Waals surface area contributed by atoms with Gasteiger partial charge in [-0.25, -0.2) is 4.98 Å². The van der Waals surface area contributed by atoms with Gasteiger partial charge in [-0.05, 0) is 22.7 Å². The van der Waals surface area contributed by atoms with Gasteiger partial charge < -0.3 is 0 Å². The maximum Gasteiger partial charge on any atom is 0.198 e. The first kappa shape index (κ1) is 13.6. The summed E-state index contributed by atoms with van der Waals surface area (Å²) in [4.78, 5) is 28.6. The summed E-state index contributed by atoms with van der Waals surface area (Å²) in [6.45, 7) is 0. The van der Waals surface area contributed by atoms with Crippen LogP contribution < -0.4 is 5.46 Å². The molecule has 2 aromatic carbocycles. The third-order valence-corrected chi connectivity index (χ3v) is 4.19. The molecule has 0 unspecified atom stereocenters. The van der Waals surface area contributed by atoms with Crippen molar-refractivity contribution < 1.29 is 4.79 Å². The van der Waals surface area contributed by atoms with Crippen molar-refractivity contribution in [2.45, 2.75) is 0 Å². The minimum absolute atomic E-state index is 0.171. The van der Waals surface area contributed by atoms with Gasteiger partial charge in [0.05, 0.1) is 16.8 Å². The fourth-order valence-corrected chi connectivity index (χ4v) is 3.04. The number of hydrogen-bond acceptors (Lipinski definition) is 4. The van der Waals surface area contributed by atoms with Crippen molar-refractivity contribution in [3.05, 3.63) is 76.3 Å². The van der Waals surface area contributed by atoms with Crippen molar-refractivity contribution in [2.75, 3.05) is 0 Å². The predicted octanol–water partition coefficient (Wildman–Crippen LogP) is 2.32. The highest BCUT2D eigenvalue weighted by atomic mass is 16.3. The summed E-state index contributed by atoms with van der Waals surface area (Å²) in [7, 11) is 2.01. The van der Waals surface area contributed by atoms with Gasteiger partial charge in [-0.3, -0.25) is 4.79 Å². The van der Waals surface area contributed by atoms with Gasteiger partial charge in [-0.1, -0.05) is 47.9 Å². The van der Waals surface area contributed by atoms with Gasteiger partial charge in [0.1, 0.15) is 13.5 Å². The molecule has 4 nitrogen and oxygen atoms in total. The first-order valence-electron chi connectivity index (χ1n) is 7.29. The van der Waals surface area contributed by atoms with Gasteiger partial charge >= 0.3 is 0 Å². The van der Waals surface area contributed by atoms with Crippen molar-refractivity contribution in [1.82, 2.24) is 4.98 Å². The Morgan fingerprint density at radius 1 is 0.913 bits per heavy atom. The topological polar surface area (TPSA) is 59.4 Å².